The van der Waals surface area contributed by atoms with Crippen molar-refractivity contribution in [1.29, 1.82) is 0 Å². The molecule has 324 valence electrons. The maximum Gasteiger partial charge on any atom is 0.361 e. The zero-order chi connectivity index (χ0) is 40.7. The lowest BCUT2D eigenvalue weighted by Gasteiger charge is -2.25. The molecule has 0 saturated heterocycles. The molecule has 0 spiro atoms. The molecule has 2 unspecified atom stereocenters. The topological polar surface area (TPSA) is 108 Å². The van der Waals surface area contributed by atoms with E-state index < -0.39 is 24.3 Å². The lowest BCUT2D eigenvalue weighted by atomic mass is 10.0. The van der Waals surface area contributed by atoms with Gasteiger partial charge in [-0.1, -0.05) is 167 Å². The van der Waals surface area contributed by atoms with Crippen molar-refractivity contribution in [3.05, 3.63) is 12.2 Å². The van der Waals surface area contributed by atoms with Gasteiger partial charge in [0, 0.05) is 12.8 Å². The molecule has 0 saturated carbocycles. The highest BCUT2D eigenvalue weighted by atomic mass is 16.7. The molecule has 0 fully saturated rings. The summed E-state index contributed by atoms with van der Waals surface area (Å²) in [5.41, 5.74) is 0. The van der Waals surface area contributed by atoms with Crippen LogP contribution in [0.2, 0.25) is 0 Å². The number of hydrogen-bond acceptors (Lipinski definition) is 7. The predicted octanol–water partition coefficient (Wildman–Crippen LogP) is 11.9. The number of carboxylic acid groups (broad SMARTS) is 1. The molecule has 0 aromatic rings. The van der Waals surface area contributed by atoms with E-state index in [-0.39, 0.29) is 32.2 Å². The maximum atomic E-state index is 12.8. The van der Waals surface area contributed by atoms with Gasteiger partial charge in [0.2, 0.25) is 0 Å². The number of carbonyl (C=O) groups is 3. The van der Waals surface area contributed by atoms with E-state index >= 15 is 0 Å². The third-order valence-corrected chi connectivity index (χ3v) is 10.0. The molecular formula is C46H88NO8+. The highest BCUT2D eigenvalue weighted by Gasteiger charge is 2.25. The molecule has 55 heavy (non-hydrogen) atoms. The Kier molecular flexibility index (Phi) is 37.5. The fourth-order valence-corrected chi connectivity index (χ4v) is 6.42. The minimum Gasteiger partial charge on any atom is -0.477 e. The van der Waals surface area contributed by atoms with E-state index in [0.29, 0.717) is 17.4 Å². The fraction of sp³-hybridized carbons (Fsp3) is 0.891. The molecule has 0 aliphatic rings. The number of carboxylic acids is 1. The molecule has 0 aliphatic heterocycles. The molecule has 0 aliphatic carbocycles. The van der Waals surface area contributed by atoms with Crippen molar-refractivity contribution >= 4 is 17.9 Å². The van der Waals surface area contributed by atoms with Crippen LogP contribution in [0.4, 0.5) is 0 Å². The summed E-state index contributed by atoms with van der Waals surface area (Å²) in [5, 5.41) is 9.63. The minimum absolute atomic E-state index is 0.178. The van der Waals surface area contributed by atoms with Crippen LogP contribution in [0, 0.1) is 0 Å². The number of esters is 2. The molecule has 0 aromatic heterocycles. The first-order valence-electron chi connectivity index (χ1n) is 22.9. The normalized spacial score (nSPS) is 13.0. The Morgan fingerprint density at radius 2 is 0.927 bits per heavy atom. The number of aliphatic carboxylic acids is 1. The van der Waals surface area contributed by atoms with Gasteiger partial charge in [0.1, 0.15) is 13.2 Å². The van der Waals surface area contributed by atoms with Crippen LogP contribution in [0.1, 0.15) is 206 Å². The van der Waals surface area contributed by atoms with Gasteiger partial charge in [0.25, 0.3) is 6.29 Å². The van der Waals surface area contributed by atoms with E-state index in [1.165, 1.54) is 128 Å². The number of allylic oxidation sites excluding steroid dienone is 2. The average Bonchev–Trinajstić information content (AvgIpc) is 3.14. The second-order valence-electron chi connectivity index (χ2n) is 16.7. The van der Waals surface area contributed by atoms with Crippen LogP contribution >= 0.6 is 0 Å². The van der Waals surface area contributed by atoms with Crippen LogP contribution < -0.4 is 0 Å². The van der Waals surface area contributed by atoms with Crippen molar-refractivity contribution in [3.8, 4) is 0 Å². The van der Waals surface area contributed by atoms with Gasteiger partial charge in [-0.05, 0) is 38.5 Å². The smallest absolute Gasteiger partial charge is 0.361 e. The summed E-state index contributed by atoms with van der Waals surface area (Å²) in [6.07, 6.45) is 36.9. The van der Waals surface area contributed by atoms with E-state index in [0.717, 1.165) is 51.4 Å². The Hall–Kier alpha value is -1.97. The molecule has 0 bridgehead atoms. The van der Waals surface area contributed by atoms with Crippen LogP contribution in [0.3, 0.4) is 0 Å². The lowest BCUT2D eigenvalue weighted by Crippen LogP contribution is -2.40. The Morgan fingerprint density at radius 1 is 0.527 bits per heavy atom. The van der Waals surface area contributed by atoms with Gasteiger partial charge in [0.05, 0.1) is 34.4 Å². The zero-order valence-corrected chi connectivity index (χ0v) is 36.6. The summed E-state index contributed by atoms with van der Waals surface area (Å²) in [5.74, 6) is -2.00. The third kappa shape index (κ3) is 40.0. The molecular weight excluding hydrogens is 695 g/mol. The minimum atomic E-state index is -1.50. The second-order valence-corrected chi connectivity index (χ2v) is 16.7. The van der Waals surface area contributed by atoms with E-state index in [1.54, 1.807) is 0 Å². The van der Waals surface area contributed by atoms with E-state index in [2.05, 4.69) is 26.0 Å². The number of carbonyl (C=O) groups excluding carboxylic acids is 2. The average molecular weight is 783 g/mol. The number of quaternary nitrogens is 1. The Bertz CT molecular complexity index is 918. The largest absolute Gasteiger partial charge is 0.477 e. The van der Waals surface area contributed by atoms with Crippen molar-refractivity contribution in [2.24, 2.45) is 0 Å². The molecule has 0 amide bonds. The quantitative estimate of drug-likeness (QED) is 0.0214. The van der Waals surface area contributed by atoms with Crippen LogP contribution in [-0.4, -0.2) is 87.4 Å². The number of nitrogens with zero attached hydrogens (tertiary/aromatic N) is 1. The van der Waals surface area contributed by atoms with Gasteiger partial charge in [-0.3, -0.25) is 9.59 Å². The summed E-state index contributed by atoms with van der Waals surface area (Å²) in [6.45, 7) is 4.88. The SMILES string of the molecule is CCCCCCCCC/C=C\CCCCCCCCCC(=O)OC(COC(=O)CCCCCCCCCCCCCC)COC(OCC[N+](C)(C)C)C(=O)O. The molecule has 2 atom stereocenters. The first-order valence-corrected chi connectivity index (χ1v) is 22.9. The molecule has 9 heteroatoms. The number of ether oxygens (including phenoxy) is 4. The first kappa shape index (κ1) is 53.0. The monoisotopic (exact) mass is 783 g/mol. The van der Waals surface area contributed by atoms with E-state index in [9.17, 15) is 19.5 Å². The number of rotatable bonds is 42. The van der Waals surface area contributed by atoms with Gasteiger partial charge < -0.3 is 28.5 Å². The van der Waals surface area contributed by atoms with Crippen LogP contribution in [0.15, 0.2) is 12.2 Å². The number of unbranched alkanes of at least 4 members (excludes halogenated alkanes) is 25. The molecule has 0 heterocycles. The standard InChI is InChI=1S/C46H87NO8/c1-6-8-10-12-14-16-18-20-21-22-23-24-25-27-29-31-33-35-37-44(49)55-42(41-54-46(45(50)51)52-39-38-47(3,4)5)40-53-43(48)36-34-32-30-28-26-19-17-15-13-11-9-7-2/h21-22,42,46H,6-20,23-41H2,1-5H3/p+1/b22-21-. The Morgan fingerprint density at radius 3 is 1.35 bits per heavy atom. The second kappa shape index (κ2) is 38.9. The van der Waals surface area contributed by atoms with Gasteiger partial charge in [-0.2, -0.15) is 0 Å². The highest BCUT2D eigenvalue weighted by molar-refractivity contribution is 5.71. The van der Waals surface area contributed by atoms with Gasteiger partial charge >= 0.3 is 17.9 Å². The van der Waals surface area contributed by atoms with E-state index in [4.69, 9.17) is 18.9 Å². The maximum absolute atomic E-state index is 12.8. The molecule has 0 rings (SSSR count). The van der Waals surface area contributed by atoms with Gasteiger partial charge in [0.15, 0.2) is 6.10 Å². The van der Waals surface area contributed by atoms with Crippen LogP contribution in [0.5, 0.6) is 0 Å². The number of likely N-dealkylation sites (N-methyl/N-ethyl adjacent to an activating group) is 1. The van der Waals surface area contributed by atoms with Crippen LogP contribution in [-0.2, 0) is 33.3 Å². The van der Waals surface area contributed by atoms with Crippen molar-refractivity contribution in [1.82, 2.24) is 0 Å². The van der Waals surface area contributed by atoms with Crippen molar-refractivity contribution < 1.29 is 42.9 Å². The third-order valence-electron chi connectivity index (χ3n) is 10.0. The van der Waals surface area contributed by atoms with Gasteiger partial charge in [-0.25, -0.2) is 4.79 Å². The Balaban J connectivity index is 4.40. The van der Waals surface area contributed by atoms with Crippen LogP contribution in [0.25, 0.3) is 0 Å². The molecule has 1 N–H and O–H groups in total. The summed E-state index contributed by atoms with van der Waals surface area (Å²) in [4.78, 5) is 37.1. The summed E-state index contributed by atoms with van der Waals surface area (Å²) >= 11 is 0. The fourth-order valence-electron chi connectivity index (χ4n) is 6.42. The van der Waals surface area contributed by atoms with Crippen molar-refractivity contribution in [2.45, 2.75) is 219 Å². The summed E-state index contributed by atoms with van der Waals surface area (Å²) < 4.78 is 22.7. The highest BCUT2D eigenvalue weighted by Crippen LogP contribution is 2.15. The summed E-state index contributed by atoms with van der Waals surface area (Å²) in [6, 6.07) is 0. The van der Waals surface area contributed by atoms with Crippen molar-refractivity contribution in [2.75, 3.05) is 47.5 Å². The molecule has 9 nitrogen and oxygen atoms in total. The lowest BCUT2D eigenvalue weighted by molar-refractivity contribution is -0.870. The Labute approximate surface area is 338 Å². The van der Waals surface area contributed by atoms with Gasteiger partial charge in [-0.15, -0.1) is 0 Å². The zero-order valence-electron chi connectivity index (χ0n) is 36.6. The summed E-state index contributed by atoms with van der Waals surface area (Å²) in [7, 11) is 5.96. The molecule has 0 radical (unpaired) electrons. The van der Waals surface area contributed by atoms with E-state index in [1.807, 2.05) is 21.1 Å². The predicted molar refractivity (Wildman–Crippen MR) is 226 cm³/mol. The van der Waals surface area contributed by atoms with Crippen molar-refractivity contribution in [3.63, 3.8) is 0 Å². The number of hydrogen-bond donors (Lipinski definition) is 1. The molecule has 0 aromatic carbocycles. The first-order chi connectivity index (χ1) is 26.6.